The van der Waals surface area contributed by atoms with E-state index >= 15 is 0 Å². The van der Waals surface area contributed by atoms with Crippen molar-refractivity contribution in [2.75, 3.05) is 6.54 Å². The summed E-state index contributed by atoms with van der Waals surface area (Å²) < 4.78 is 13.1. The molecule has 1 fully saturated rings. The van der Waals surface area contributed by atoms with Gasteiger partial charge in [0.2, 0.25) is 0 Å². The van der Waals surface area contributed by atoms with E-state index in [0.29, 0.717) is 12.0 Å². The molecule has 2 nitrogen and oxygen atoms in total. The molecule has 4 heteroatoms. The van der Waals surface area contributed by atoms with Crippen molar-refractivity contribution in [2.45, 2.75) is 25.3 Å². The molecular formula is C12H15ClFNO. The van der Waals surface area contributed by atoms with E-state index in [2.05, 4.69) is 5.32 Å². The minimum atomic E-state index is -0.708. The molecule has 1 atom stereocenters. The van der Waals surface area contributed by atoms with E-state index in [1.807, 2.05) is 6.92 Å². The van der Waals surface area contributed by atoms with Crippen LogP contribution in [-0.4, -0.2) is 12.3 Å². The van der Waals surface area contributed by atoms with E-state index in [0.717, 1.165) is 13.0 Å². The summed E-state index contributed by atoms with van der Waals surface area (Å²) in [5.41, 5.74) is 0.00701. The minimum Gasteiger partial charge on any atom is -0.301 e. The van der Waals surface area contributed by atoms with Gasteiger partial charge in [-0.3, -0.25) is 4.79 Å². The van der Waals surface area contributed by atoms with Gasteiger partial charge in [0.25, 0.3) is 0 Å². The number of hydrogen-bond donors (Lipinski definition) is 1. The molecule has 0 aromatic heterocycles. The molecule has 1 heterocycles. The number of benzene rings is 1. The molecule has 1 saturated heterocycles. The third-order valence-corrected chi connectivity index (χ3v) is 3.02. The van der Waals surface area contributed by atoms with Gasteiger partial charge in [0.05, 0.1) is 0 Å². The number of halogens is 2. The molecule has 1 aliphatic rings. The van der Waals surface area contributed by atoms with Crippen LogP contribution in [0.5, 0.6) is 0 Å². The van der Waals surface area contributed by atoms with E-state index in [-0.39, 0.29) is 24.0 Å². The fourth-order valence-electron chi connectivity index (χ4n) is 2.00. The zero-order valence-electron chi connectivity index (χ0n) is 9.13. The maximum atomic E-state index is 13.1. The second-order valence-electron chi connectivity index (χ2n) is 4.09. The quantitative estimate of drug-likeness (QED) is 0.821. The predicted molar refractivity (Wildman–Crippen MR) is 63.2 cm³/mol. The molecule has 88 valence electrons. The number of ketones is 1. The van der Waals surface area contributed by atoms with Gasteiger partial charge in [-0.25, -0.2) is 4.39 Å². The lowest BCUT2D eigenvalue weighted by Crippen LogP contribution is -2.50. The van der Waals surface area contributed by atoms with Crippen molar-refractivity contribution in [1.29, 1.82) is 0 Å². The molecule has 0 aliphatic carbocycles. The Morgan fingerprint density at radius 3 is 2.81 bits per heavy atom. The van der Waals surface area contributed by atoms with Crippen LogP contribution < -0.4 is 5.32 Å². The third-order valence-electron chi connectivity index (χ3n) is 3.02. The van der Waals surface area contributed by atoms with Crippen molar-refractivity contribution in [2.24, 2.45) is 0 Å². The smallest absolute Gasteiger partial charge is 0.157 e. The molecule has 1 aromatic carbocycles. The van der Waals surface area contributed by atoms with Gasteiger partial charge in [0.15, 0.2) is 5.78 Å². The highest BCUT2D eigenvalue weighted by Gasteiger charge is 2.36. The van der Waals surface area contributed by atoms with Crippen LogP contribution >= 0.6 is 12.4 Å². The van der Waals surface area contributed by atoms with Crippen molar-refractivity contribution < 1.29 is 9.18 Å². The highest BCUT2D eigenvalue weighted by molar-refractivity contribution is 5.89. The van der Waals surface area contributed by atoms with E-state index in [1.54, 1.807) is 12.1 Å². The highest BCUT2D eigenvalue weighted by Crippen LogP contribution is 2.27. The third kappa shape index (κ3) is 2.25. The Labute approximate surface area is 101 Å². The predicted octanol–water partition coefficient (Wildman–Crippen LogP) is 2.42. The average Bonchev–Trinajstić information content (AvgIpc) is 2.23. The Hall–Kier alpha value is -0.930. The van der Waals surface area contributed by atoms with Gasteiger partial charge < -0.3 is 5.32 Å². The fraction of sp³-hybridized carbons (Fsp3) is 0.417. The summed E-state index contributed by atoms with van der Waals surface area (Å²) in [6.45, 7) is 2.63. The fourth-order valence-corrected chi connectivity index (χ4v) is 2.00. The van der Waals surface area contributed by atoms with E-state index in [4.69, 9.17) is 0 Å². The topological polar surface area (TPSA) is 29.1 Å². The zero-order chi connectivity index (χ0) is 10.9. The Morgan fingerprint density at radius 2 is 2.19 bits per heavy atom. The molecular weight excluding hydrogens is 229 g/mol. The molecule has 1 aromatic rings. The lowest BCUT2D eigenvalue weighted by atomic mass is 9.83. The van der Waals surface area contributed by atoms with Gasteiger partial charge in [0.1, 0.15) is 11.4 Å². The SMILES string of the molecule is CC1(c2cccc(F)c2)NCCCC1=O.Cl. The van der Waals surface area contributed by atoms with E-state index in [1.165, 1.54) is 12.1 Å². The van der Waals surface area contributed by atoms with Crippen LogP contribution in [0, 0.1) is 5.82 Å². The van der Waals surface area contributed by atoms with Crippen molar-refractivity contribution in [3.63, 3.8) is 0 Å². The Bertz CT molecular complexity index is 396. The number of rotatable bonds is 1. The molecule has 0 saturated carbocycles. The van der Waals surface area contributed by atoms with Gasteiger partial charge >= 0.3 is 0 Å². The van der Waals surface area contributed by atoms with Gasteiger partial charge in [-0.15, -0.1) is 12.4 Å². The maximum absolute atomic E-state index is 13.1. The van der Waals surface area contributed by atoms with Gasteiger partial charge in [0, 0.05) is 6.42 Å². The summed E-state index contributed by atoms with van der Waals surface area (Å²) in [7, 11) is 0. The summed E-state index contributed by atoms with van der Waals surface area (Å²) in [6.07, 6.45) is 1.43. The molecule has 1 N–H and O–H groups in total. The van der Waals surface area contributed by atoms with Crippen molar-refractivity contribution in [3.05, 3.63) is 35.6 Å². The Balaban J connectivity index is 0.00000128. The van der Waals surface area contributed by atoms with Crippen molar-refractivity contribution in [1.82, 2.24) is 5.32 Å². The second-order valence-corrected chi connectivity index (χ2v) is 4.09. The van der Waals surface area contributed by atoms with Gasteiger partial charge in [-0.05, 0) is 37.6 Å². The van der Waals surface area contributed by atoms with Gasteiger partial charge in [-0.2, -0.15) is 0 Å². The van der Waals surface area contributed by atoms with E-state index < -0.39 is 5.54 Å². The highest BCUT2D eigenvalue weighted by atomic mass is 35.5. The molecule has 0 spiro atoms. The van der Waals surface area contributed by atoms with Crippen LogP contribution in [0.15, 0.2) is 24.3 Å². The lowest BCUT2D eigenvalue weighted by molar-refractivity contribution is -0.126. The molecule has 0 bridgehead atoms. The number of hydrogen-bond acceptors (Lipinski definition) is 2. The standard InChI is InChI=1S/C12H14FNO.ClH/c1-12(11(15)6-3-7-14-12)9-4-2-5-10(13)8-9;/h2,4-5,8,14H,3,6-7H2,1H3;1H. The Kier molecular flexibility index (Phi) is 4.05. The number of carbonyl (C=O) groups is 1. The largest absolute Gasteiger partial charge is 0.301 e. The molecule has 1 aliphatic heterocycles. The number of nitrogens with one attached hydrogen (secondary N) is 1. The number of carbonyl (C=O) groups excluding carboxylic acids is 1. The zero-order valence-corrected chi connectivity index (χ0v) is 9.94. The van der Waals surface area contributed by atoms with Crippen LogP contribution in [0.2, 0.25) is 0 Å². The first-order valence-electron chi connectivity index (χ1n) is 5.17. The number of piperidine rings is 1. The maximum Gasteiger partial charge on any atom is 0.157 e. The number of Topliss-reactive ketones (excluding diaryl/α,β-unsaturated/α-hetero) is 1. The molecule has 0 radical (unpaired) electrons. The minimum absolute atomic E-state index is 0. The average molecular weight is 244 g/mol. The van der Waals surface area contributed by atoms with Crippen LogP contribution in [-0.2, 0) is 10.3 Å². The van der Waals surface area contributed by atoms with Gasteiger partial charge in [-0.1, -0.05) is 12.1 Å². The van der Waals surface area contributed by atoms with E-state index in [9.17, 15) is 9.18 Å². The summed E-state index contributed by atoms with van der Waals surface area (Å²) in [4.78, 5) is 11.8. The molecule has 16 heavy (non-hydrogen) atoms. The van der Waals surface area contributed by atoms with Crippen LogP contribution in [0.25, 0.3) is 0 Å². The first-order chi connectivity index (χ1) is 7.13. The van der Waals surface area contributed by atoms with Crippen LogP contribution in [0.1, 0.15) is 25.3 Å². The normalized spacial score (nSPS) is 25.0. The van der Waals surface area contributed by atoms with Crippen molar-refractivity contribution >= 4 is 18.2 Å². The van der Waals surface area contributed by atoms with Crippen LogP contribution in [0.3, 0.4) is 0 Å². The summed E-state index contributed by atoms with van der Waals surface area (Å²) in [6, 6.07) is 6.25. The molecule has 0 amide bonds. The monoisotopic (exact) mass is 243 g/mol. The summed E-state index contributed by atoms with van der Waals surface area (Å²) >= 11 is 0. The molecule has 2 rings (SSSR count). The van der Waals surface area contributed by atoms with Crippen molar-refractivity contribution in [3.8, 4) is 0 Å². The summed E-state index contributed by atoms with van der Waals surface area (Å²) in [5, 5.41) is 3.17. The first-order valence-corrected chi connectivity index (χ1v) is 5.17. The Morgan fingerprint density at radius 1 is 1.44 bits per heavy atom. The molecule has 1 unspecified atom stereocenters. The summed E-state index contributed by atoms with van der Waals surface area (Å²) in [5.74, 6) is -0.159. The second kappa shape index (κ2) is 4.93. The first kappa shape index (κ1) is 13.1. The van der Waals surface area contributed by atoms with Crippen LogP contribution in [0.4, 0.5) is 4.39 Å². The lowest BCUT2D eigenvalue weighted by Gasteiger charge is -2.33.